The number of rotatable bonds is 5. The number of carbonyl (C=O) groups excluding carboxylic acids is 1. The van der Waals surface area contributed by atoms with Gasteiger partial charge in [-0.25, -0.2) is 0 Å². The smallest absolute Gasteiger partial charge is 0.227 e. The number of halogens is 1. The van der Waals surface area contributed by atoms with Crippen LogP contribution in [0.1, 0.15) is 25.8 Å². The van der Waals surface area contributed by atoms with Gasteiger partial charge in [0.2, 0.25) is 5.91 Å². The lowest BCUT2D eigenvalue weighted by atomic mass is 10.1. The van der Waals surface area contributed by atoms with Crippen LogP contribution in [0.5, 0.6) is 5.75 Å². The summed E-state index contributed by atoms with van der Waals surface area (Å²) in [5.74, 6) is 0.996. The van der Waals surface area contributed by atoms with Crippen LogP contribution in [0.4, 0.5) is 0 Å². The molecule has 1 aliphatic heterocycles. The normalized spacial score (nSPS) is 17.4. The van der Waals surface area contributed by atoms with Crippen LogP contribution in [-0.2, 0) is 11.2 Å². The van der Waals surface area contributed by atoms with Crippen LogP contribution in [0.25, 0.3) is 0 Å². The van der Waals surface area contributed by atoms with Crippen molar-refractivity contribution >= 4 is 18.3 Å². The Morgan fingerprint density at radius 3 is 2.86 bits per heavy atom. The van der Waals surface area contributed by atoms with E-state index < -0.39 is 0 Å². The molecule has 4 nitrogen and oxygen atoms in total. The van der Waals surface area contributed by atoms with Crippen molar-refractivity contribution in [2.75, 3.05) is 20.1 Å². The number of likely N-dealkylation sites (N-methyl/N-ethyl adjacent to an activating group) is 1. The Bertz CT molecular complexity index is 459. The van der Waals surface area contributed by atoms with Crippen molar-refractivity contribution in [1.82, 2.24) is 10.2 Å². The van der Waals surface area contributed by atoms with Gasteiger partial charge in [-0.15, -0.1) is 12.4 Å². The molecule has 1 unspecified atom stereocenters. The molecule has 1 atom stereocenters. The van der Waals surface area contributed by atoms with E-state index in [1.54, 1.807) is 0 Å². The molecule has 2 rings (SSSR count). The Morgan fingerprint density at radius 1 is 1.48 bits per heavy atom. The SMILES string of the molecule is CC(C)Oc1cccc(CC(=O)N(C)C2CCNC2)c1.Cl. The van der Waals surface area contributed by atoms with E-state index in [4.69, 9.17) is 4.74 Å². The molecule has 0 radical (unpaired) electrons. The van der Waals surface area contributed by atoms with Gasteiger partial charge in [-0.05, 0) is 44.5 Å². The summed E-state index contributed by atoms with van der Waals surface area (Å²) in [5, 5.41) is 3.29. The number of hydrogen-bond donors (Lipinski definition) is 1. The second kappa shape index (κ2) is 8.25. The molecule has 21 heavy (non-hydrogen) atoms. The van der Waals surface area contributed by atoms with Gasteiger partial charge in [0.05, 0.1) is 12.5 Å². The highest BCUT2D eigenvalue weighted by Crippen LogP contribution is 2.16. The Morgan fingerprint density at radius 2 is 2.24 bits per heavy atom. The van der Waals surface area contributed by atoms with Crippen LogP contribution in [0.3, 0.4) is 0 Å². The van der Waals surface area contributed by atoms with Crippen molar-refractivity contribution in [3.63, 3.8) is 0 Å². The topological polar surface area (TPSA) is 41.6 Å². The predicted molar refractivity (Wildman–Crippen MR) is 87.2 cm³/mol. The van der Waals surface area contributed by atoms with Gasteiger partial charge < -0.3 is 15.0 Å². The molecule has 0 aliphatic carbocycles. The molecule has 118 valence electrons. The zero-order valence-electron chi connectivity index (χ0n) is 13.0. The van der Waals surface area contributed by atoms with Gasteiger partial charge in [-0.3, -0.25) is 4.79 Å². The van der Waals surface area contributed by atoms with E-state index >= 15 is 0 Å². The monoisotopic (exact) mass is 312 g/mol. The van der Waals surface area contributed by atoms with E-state index in [1.807, 2.05) is 50.1 Å². The highest BCUT2D eigenvalue weighted by Gasteiger charge is 2.23. The molecular formula is C16H25ClN2O2. The quantitative estimate of drug-likeness (QED) is 0.907. The summed E-state index contributed by atoms with van der Waals surface area (Å²) in [6, 6.07) is 8.14. The number of ether oxygens (including phenoxy) is 1. The molecule has 1 aromatic carbocycles. The molecule has 0 saturated carbocycles. The van der Waals surface area contributed by atoms with Crippen LogP contribution < -0.4 is 10.1 Å². The molecule has 0 spiro atoms. The minimum Gasteiger partial charge on any atom is -0.491 e. The molecule has 1 aliphatic rings. The molecule has 1 aromatic rings. The van der Waals surface area contributed by atoms with Crippen LogP contribution in [0, 0.1) is 0 Å². The minimum atomic E-state index is 0. The maximum atomic E-state index is 12.3. The van der Waals surface area contributed by atoms with Crippen LogP contribution in [0.15, 0.2) is 24.3 Å². The minimum absolute atomic E-state index is 0. The third kappa shape index (κ3) is 5.21. The summed E-state index contributed by atoms with van der Waals surface area (Å²) < 4.78 is 5.66. The van der Waals surface area contributed by atoms with E-state index in [-0.39, 0.29) is 24.4 Å². The fourth-order valence-electron chi connectivity index (χ4n) is 2.47. The highest BCUT2D eigenvalue weighted by atomic mass is 35.5. The first-order valence-electron chi connectivity index (χ1n) is 7.28. The van der Waals surface area contributed by atoms with E-state index in [0.29, 0.717) is 12.5 Å². The van der Waals surface area contributed by atoms with E-state index in [2.05, 4.69) is 5.32 Å². The fraction of sp³-hybridized carbons (Fsp3) is 0.562. The molecule has 1 fully saturated rings. The van der Waals surface area contributed by atoms with Gasteiger partial charge in [0, 0.05) is 19.6 Å². The van der Waals surface area contributed by atoms with Crippen molar-refractivity contribution in [2.45, 2.75) is 38.8 Å². The summed E-state index contributed by atoms with van der Waals surface area (Å²) >= 11 is 0. The Balaban J connectivity index is 0.00000220. The first kappa shape index (κ1) is 17.8. The first-order valence-corrected chi connectivity index (χ1v) is 7.28. The summed E-state index contributed by atoms with van der Waals surface area (Å²) in [6.45, 7) is 5.90. The maximum Gasteiger partial charge on any atom is 0.227 e. The average molecular weight is 313 g/mol. The summed E-state index contributed by atoms with van der Waals surface area (Å²) in [5.41, 5.74) is 1.01. The third-order valence-electron chi connectivity index (χ3n) is 3.60. The first-order chi connectivity index (χ1) is 9.56. The van der Waals surface area contributed by atoms with Crippen LogP contribution >= 0.6 is 12.4 Å². The Labute approximate surface area is 133 Å². The molecule has 1 amide bonds. The largest absolute Gasteiger partial charge is 0.491 e. The number of nitrogens with zero attached hydrogens (tertiary/aromatic N) is 1. The average Bonchev–Trinajstić information content (AvgIpc) is 2.91. The van der Waals surface area contributed by atoms with Crippen molar-refractivity contribution < 1.29 is 9.53 Å². The summed E-state index contributed by atoms with van der Waals surface area (Å²) in [6.07, 6.45) is 1.62. The van der Waals surface area contributed by atoms with E-state index in [9.17, 15) is 4.79 Å². The molecule has 1 N–H and O–H groups in total. The van der Waals surface area contributed by atoms with Crippen LogP contribution in [0.2, 0.25) is 0 Å². The second-order valence-electron chi connectivity index (χ2n) is 5.64. The number of amides is 1. The van der Waals surface area contributed by atoms with Gasteiger partial charge in [-0.1, -0.05) is 12.1 Å². The number of benzene rings is 1. The van der Waals surface area contributed by atoms with E-state index in [1.165, 1.54) is 0 Å². The summed E-state index contributed by atoms with van der Waals surface area (Å²) in [7, 11) is 1.90. The Hall–Kier alpha value is -1.26. The predicted octanol–water partition coefficient (Wildman–Crippen LogP) is 2.26. The van der Waals surface area contributed by atoms with Gasteiger partial charge in [0.15, 0.2) is 0 Å². The molecular weight excluding hydrogens is 288 g/mol. The fourth-order valence-corrected chi connectivity index (χ4v) is 2.47. The standard InChI is InChI=1S/C16H24N2O2.ClH/c1-12(2)20-15-6-4-5-13(9-15)10-16(19)18(3)14-7-8-17-11-14;/h4-6,9,12,14,17H,7-8,10-11H2,1-3H3;1H. The molecule has 1 heterocycles. The zero-order valence-corrected chi connectivity index (χ0v) is 13.8. The van der Waals surface area contributed by atoms with Gasteiger partial charge in [-0.2, -0.15) is 0 Å². The summed E-state index contributed by atoms with van der Waals surface area (Å²) in [4.78, 5) is 14.2. The number of hydrogen-bond acceptors (Lipinski definition) is 3. The zero-order chi connectivity index (χ0) is 14.5. The molecule has 0 bridgehead atoms. The van der Waals surface area contributed by atoms with Crippen molar-refractivity contribution in [3.8, 4) is 5.75 Å². The van der Waals surface area contributed by atoms with Crippen molar-refractivity contribution in [2.24, 2.45) is 0 Å². The number of carbonyl (C=O) groups is 1. The lowest BCUT2D eigenvalue weighted by molar-refractivity contribution is -0.130. The Kier molecular flexibility index (Phi) is 6.99. The van der Waals surface area contributed by atoms with E-state index in [0.717, 1.165) is 30.8 Å². The third-order valence-corrected chi connectivity index (χ3v) is 3.60. The molecule has 1 saturated heterocycles. The molecule has 0 aromatic heterocycles. The van der Waals surface area contributed by atoms with Crippen LogP contribution in [-0.4, -0.2) is 43.1 Å². The highest BCUT2D eigenvalue weighted by molar-refractivity contribution is 5.85. The van der Waals surface area contributed by atoms with Gasteiger partial charge >= 0.3 is 0 Å². The van der Waals surface area contributed by atoms with Gasteiger partial charge in [0.1, 0.15) is 5.75 Å². The lowest BCUT2D eigenvalue weighted by Gasteiger charge is -2.24. The maximum absolute atomic E-state index is 12.3. The van der Waals surface area contributed by atoms with Crippen molar-refractivity contribution in [3.05, 3.63) is 29.8 Å². The van der Waals surface area contributed by atoms with Gasteiger partial charge in [0.25, 0.3) is 0 Å². The lowest BCUT2D eigenvalue weighted by Crippen LogP contribution is -2.39. The number of nitrogens with one attached hydrogen (secondary N) is 1. The van der Waals surface area contributed by atoms with Crippen molar-refractivity contribution in [1.29, 1.82) is 0 Å². The second-order valence-corrected chi connectivity index (χ2v) is 5.64. The molecule has 5 heteroatoms.